The van der Waals surface area contributed by atoms with Gasteiger partial charge < -0.3 is 10.2 Å². The Balaban J connectivity index is 1.87. The van der Waals surface area contributed by atoms with Gasteiger partial charge in [-0.15, -0.1) is 11.3 Å². The summed E-state index contributed by atoms with van der Waals surface area (Å²) in [5, 5.41) is 6.56. The van der Waals surface area contributed by atoms with Gasteiger partial charge in [0.05, 0.1) is 0 Å². The van der Waals surface area contributed by atoms with E-state index in [9.17, 15) is 4.79 Å². The first kappa shape index (κ1) is 15.8. The number of amides is 2. The smallest absolute Gasteiger partial charge is 0.317 e. The number of thiophene rings is 1. The maximum Gasteiger partial charge on any atom is 0.317 e. The molecule has 0 radical (unpaired) electrons. The van der Waals surface area contributed by atoms with Crippen LogP contribution in [0.5, 0.6) is 0 Å². The first-order chi connectivity index (χ1) is 10.3. The highest BCUT2D eigenvalue weighted by Gasteiger charge is 2.11. The molecule has 0 aliphatic heterocycles. The van der Waals surface area contributed by atoms with Crippen molar-refractivity contribution in [3.8, 4) is 0 Å². The van der Waals surface area contributed by atoms with Crippen LogP contribution in [0.2, 0.25) is 0 Å². The molecule has 1 heterocycles. The minimum Gasteiger partial charge on any atom is -0.338 e. The number of fused-ring (bicyclic) bond motifs is 1. The number of hydrogen-bond acceptors (Lipinski definition) is 2. The third-order valence-electron chi connectivity index (χ3n) is 3.51. The van der Waals surface area contributed by atoms with Crippen molar-refractivity contribution in [2.45, 2.75) is 33.1 Å². The number of hydrogen-bond donors (Lipinski definition) is 1. The highest BCUT2D eigenvalue weighted by Crippen LogP contribution is 2.25. The fraction of sp³-hybridized carbons (Fsp3) is 0.471. The summed E-state index contributed by atoms with van der Waals surface area (Å²) in [5.41, 5.74) is 1.33. The van der Waals surface area contributed by atoms with Crippen LogP contribution in [0.25, 0.3) is 10.1 Å². The summed E-state index contributed by atoms with van der Waals surface area (Å²) < 4.78 is 1.32. The van der Waals surface area contributed by atoms with Gasteiger partial charge in [-0.1, -0.05) is 32.0 Å². The van der Waals surface area contributed by atoms with Crippen molar-refractivity contribution in [3.63, 3.8) is 0 Å². The normalized spacial score (nSPS) is 10.8. The minimum atomic E-state index is 0.0678. The van der Waals surface area contributed by atoms with E-state index in [-0.39, 0.29) is 6.03 Å². The molecule has 0 spiro atoms. The Kier molecular flexibility index (Phi) is 6.05. The van der Waals surface area contributed by atoms with E-state index in [1.54, 1.807) is 11.3 Å². The SMILES string of the molecule is CCCN(CCC)C(=O)NCCc1csc2ccccc12. The Morgan fingerprint density at radius 3 is 2.62 bits per heavy atom. The zero-order valence-corrected chi connectivity index (χ0v) is 13.7. The van der Waals surface area contributed by atoms with Crippen molar-refractivity contribution in [2.24, 2.45) is 0 Å². The second-order valence-electron chi connectivity index (χ2n) is 5.23. The zero-order valence-electron chi connectivity index (χ0n) is 12.9. The van der Waals surface area contributed by atoms with Gasteiger partial charge in [0.1, 0.15) is 0 Å². The van der Waals surface area contributed by atoms with Crippen LogP contribution in [-0.2, 0) is 6.42 Å². The number of urea groups is 1. The van der Waals surface area contributed by atoms with Crippen molar-refractivity contribution in [3.05, 3.63) is 35.2 Å². The molecule has 0 saturated carbocycles. The van der Waals surface area contributed by atoms with Gasteiger partial charge in [-0.3, -0.25) is 0 Å². The van der Waals surface area contributed by atoms with Crippen LogP contribution in [0.4, 0.5) is 4.79 Å². The first-order valence-corrected chi connectivity index (χ1v) is 8.62. The summed E-state index contributed by atoms with van der Waals surface area (Å²) in [6.45, 7) is 6.58. The van der Waals surface area contributed by atoms with Gasteiger partial charge in [0.15, 0.2) is 0 Å². The van der Waals surface area contributed by atoms with Crippen molar-refractivity contribution in [2.75, 3.05) is 19.6 Å². The molecule has 0 bridgehead atoms. The van der Waals surface area contributed by atoms with Crippen LogP contribution in [-0.4, -0.2) is 30.6 Å². The van der Waals surface area contributed by atoms with Gasteiger partial charge in [0, 0.05) is 24.3 Å². The summed E-state index contributed by atoms with van der Waals surface area (Å²) in [4.78, 5) is 14.0. The second-order valence-corrected chi connectivity index (χ2v) is 6.14. The van der Waals surface area contributed by atoms with Crippen molar-refractivity contribution < 1.29 is 4.79 Å². The molecule has 4 heteroatoms. The third-order valence-corrected chi connectivity index (χ3v) is 4.52. The molecule has 21 heavy (non-hydrogen) atoms. The molecule has 0 atom stereocenters. The molecule has 2 amide bonds. The molecule has 2 aromatic rings. The van der Waals surface area contributed by atoms with Gasteiger partial charge in [-0.2, -0.15) is 0 Å². The number of rotatable bonds is 7. The van der Waals surface area contributed by atoms with Crippen molar-refractivity contribution >= 4 is 27.5 Å². The number of nitrogens with one attached hydrogen (secondary N) is 1. The van der Waals surface area contributed by atoms with Crippen molar-refractivity contribution in [1.82, 2.24) is 10.2 Å². The minimum absolute atomic E-state index is 0.0678. The van der Waals surface area contributed by atoms with Crippen LogP contribution in [0, 0.1) is 0 Å². The van der Waals surface area contributed by atoms with Crippen LogP contribution >= 0.6 is 11.3 Å². The molecule has 3 nitrogen and oxygen atoms in total. The van der Waals surface area contributed by atoms with E-state index in [1.165, 1.54) is 15.6 Å². The molecule has 0 saturated heterocycles. The van der Waals surface area contributed by atoms with Crippen molar-refractivity contribution in [1.29, 1.82) is 0 Å². The average Bonchev–Trinajstić information content (AvgIpc) is 2.90. The third kappa shape index (κ3) is 4.21. The van der Waals surface area contributed by atoms with E-state index in [2.05, 4.69) is 48.8 Å². The van der Waals surface area contributed by atoms with Crippen LogP contribution in [0.3, 0.4) is 0 Å². The molecule has 0 fully saturated rings. The quantitative estimate of drug-likeness (QED) is 0.813. The molecule has 0 unspecified atom stereocenters. The number of nitrogens with zero attached hydrogens (tertiary/aromatic N) is 1. The molecular formula is C17H24N2OS. The number of carbonyl (C=O) groups is 1. The van der Waals surface area contributed by atoms with Gasteiger partial charge in [0.25, 0.3) is 0 Å². The van der Waals surface area contributed by atoms with Gasteiger partial charge in [-0.05, 0) is 41.7 Å². The monoisotopic (exact) mass is 304 g/mol. The lowest BCUT2D eigenvalue weighted by Gasteiger charge is -2.21. The average molecular weight is 304 g/mol. The molecule has 1 aromatic carbocycles. The standard InChI is InChI=1S/C17H24N2OS/c1-3-11-19(12-4-2)17(20)18-10-9-14-13-21-16-8-6-5-7-15(14)16/h5-8,13H,3-4,9-12H2,1-2H3,(H,18,20). The highest BCUT2D eigenvalue weighted by molar-refractivity contribution is 7.17. The Morgan fingerprint density at radius 1 is 1.19 bits per heavy atom. The maximum atomic E-state index is 12.1. The number of carbonyl (C=O) groups excluding carboxylic acids is 1. The Hall–Kier alpha value is -1.55. The Bertz CT molecular complexity index is 573. The highest BCUT2D eigenvalue weighted by atomic mass is 32.1. The van der Waals surface area contributed by atoms with Gasteiger partial charge in [-0.25, -0.2) is 4.79 Å². The first-order valence-electron chi connectivity index (χ1n) is 7.74. The molecule has 0 aliphatic carbocycles. The molecule has 0 aliphatic rings. The van der Waals surface area contributed by atoms with E-state index >= 15 is 0 Å². The van der Waals surface area contributed by atoms with Gasteiger partial charge in [0.2, 0.25) is 0 Å². The van der Waals surface area contributed by atoms with Gasteiger partial charge >= 0.3 is 6.03 Å². The fourth-order valence-corrected chi connectivity index (χ4v) is 3.49. The second kappa shape index (κ2) is 8.03. The van der Waals surface area contributed by atoms with Crippen LogP contribution in [0.1, 0.15) is 32.3 Å². The topological polar surface area (TPSA) is 32.3 Å². The lowest BCUT2D eigenvalue weighted by molar-refractivity contribution is 0.198. The summed E-state index contributed by atoms with van der Waals surface area (Å²) in [6.07, 6.45) is 2.90. The molecule has 114 valence electrons. The Morgan fingerprint density at radius 2 is 1.90 bits per heavy atom. The van der Waals surface area contributed by atoms with E-state index < -0.39 is 0 Å². The number of benzene rings is 1. The summed E-state index contributed by atoms with van der Waals surface area (Å²) in [6, 6.07) is 8.51. The fourth-order valence-electron chi connectivity index (χ4n) is 2.50. The van der Waals surface area contributed by atoms with E-state index in [0.29, 0.717) is 6.54 Å². The lowest BCUT2D eigenvalue weighted by Crippen LogP contribution is -2.41. The van der Waals surface area contributed by atoms with E-state index in [0.717, 1.165) is 32.4 Å². The predicted octanol–water partition coefficient (Wildman–Crippen LogP) is 4.28. The largest absolute Gasteiger partial charge is 0.338 e. The molecule has 1 N–H and O–H groups in total. The summed E-state index contributed by atoms with van der Waals surface area (Å²) in [7, 11) is 0. The molecule has 1 aromatic heterocycles. The molecular weight excluding hydrogens is 280 g/mol. The van der Waals surface area contributed by atoms with E-state index in [1.807, 2.05) is 4.90 Å². The lowest BCUT2D eigenvalue weighted by atomic mass is 10.1. The molecule has 2 rings (SSSR count). The zero-order chi connectivity index (χ0) is 15.1. The summed E-state index contributed by atoms with van der Waals surface area (Å²) >= 11 is 1.77. The summed E-state index contributed by atoms with van der Waals surface area (Å²) in [5.74, 6) is 0. The van der Waals surface area contributed by atoms with Crippen LogP contribution in [0.15, 0.2) is 29.6 Å². The van der Waals surface area contributed by atoms with E-state index in [4.69, 9.17) is 0 Å². The van der Waals surface area contributed by atoms with Crippen LogP contribution < -0.4 is 5.32 Å². The predicted molar refractivity (Wildman–Crippen MR) is 91.1 cm³/mol. The Labute approximate surface area is 131 Å². The maximum absolute atomic E-state index is 12.1.